The van der Waals surface area contributed by atoms with Crippen LogP contribution in [0.3, 0.4) is 0 Å². The standard InChI is InChI=1S/C11H14INO2/c1-3-13(4-2)11(15)8-5-6-9(12)10(14)7-8/h5-7,14H,3-4H2,1-2H3. The summed E-state index contributed by atoms with van der Waals surface area (Å²) in [6.45, 7) is 5.24. The van der Waals surface area contributed by atoms with Gasteiger partial charge in [-0.15, -0.1) is 0 Å². The normalized spacial score (nSPS) is 10.1. The minimum absolute atomic E-state index is 0.0355. The second kappa shape index (κ2) is 5.34. The van der Waals surface area contributed by atoms with Crippen molar-refractivity contribution in [2.45, 2.75) is 13.8 Å². The number of carbonyl (C=O) groups excluding carboxylic acids is 1. The quantitative estimate of drug-likeness (QED) is 0.870. The molecule has 0 saturated heterocycles. The number of hydrogen-bond acceptors (Lipinski definition) is 2. The molecule has 4 heteroatoms. The molecule has 0 aliphatic carbocycles. The maximum Gasteiger partial charge on any atom is 0.253 e. The SMILES string of the molecule is CCN(CC)C(=O)c1ccc(I)c(O)c1. The molecule has 15 heavy (non-hydrogen) atoms. The zero-order valence-electron chi connectivity index (χ0n) is 8.83. The van der Waals surface area contributed by atoms with E-state index >= 15 is 0 Å². The van der Waals surface area contributed by atoms with Gasteiger partial charge in [0.05, 0.1) is 3.57 Å². The maximum absolute atomic E-state index is 11.9. The van der Waals surface area contributed by atoms with Gasteiger partial charge in [-0.2, -0.15) is 0 Å². The van der Waals surface area contributed by atoms with E-state index in [2.05, 4.69) is 0 Å². The van der Waals surface area contributed by atoms with E-state index in [0.29, 0.717) is 18.7 Å². The lowest BCUT2D eigenvalue weighted by atomic mass is 10.2. The lowest BCUT2D eigenvalue weighted by Crippen LogP contribution is -2.30. The largest absolute Gasteiger partial charge is 0.507 e. The molecule has 0 saturated carbocycles. The molecule has 1 amide bonds. The van der Waals surface area contributed by atoms with Gasteiger partial charge in [-0.1, -0.05) is 0 Å². The molecular weight excluding hydrogens is 305 g/mol. The Balaban J connectivity index is 2.96. The smallest absolute Gasteiger partial charge is 0.253 e. The molecule has 0 unspecified atom stereocenters. The van der Waals surface area contributed by atoms with Crippen molar-refractivity contribution in [3.8, 4) is 5.75 Å². The van der Waals surface area contributed by atoms with Gasteiger partial charge < -0.3 is 10.0 Å². The number of phenols is 1. The number of hydrogen-bond donors (Lipinski definition) is 1. The Morgan fingerprint density at radius 2 is 2.00 bits per heavy atom. The molecule has 0 aromatic heterocycles. The van der Waals surface area contributed by atoms with Crippen molar-refractivity contribution in [3.63, 3.8) is 0 Å². The van der Waals surface area contributed by atoms with Gasteiger partial charge in [-0.25, -0.2) is 0 Å². The first-order valence-electron chi connectivity index (χ1n) is 4.88. The van der Waals surface area contributed by atoms with Gasteiger partial charge in [-0.3, -0.25) is 4.79 Å². The summed E-state index contributed by atoms with van der Waals surface area (Å²) < 4.78 is 0.753. The molecule has 0 radical (unpaired) electrons. The van der Waals surface area contributed by atoms with Crippen LogP contribution in [0.5, 0.6) is 5.75 Å². The highest BCUT2D eigenvalue weighted by molar-refractivity contribution is 14.1. The van der Waals surface area contributed by atoms with Crippen LogP contribution in [0, 0.1) is 3.57 Å². The molecular formula is C11H14INO2. The number of nitrogens with zero attached hydrogens (tertiary/aromatic N) is 1. The Morgan fingerprint density at radius 1 is 1.40 bits per heavy atom. The summed E-state index contributed by atoms with van der Waals surface area (Å²) in [6, 6.07) is 5.00. The third-order valence-corrected chi connectivity index (χ3v) is 3.16. The first-order chi connectivity index (χ1) is 7.10. The lowest BCUT2D eigenvalue weighted by molar-refractivity contribution is 0.0772. The van der Waals surface area contributed by atoms with Crippen LogP contribution in [-0.4, -0.2) is 29.0 Å². The predicted octanol–water partition coefficient (Wildman–Crippen LogP) is 2.48. The molecule has 0 atom stereocenters. The number of carbonyl (C=O) groups is 1. The van der Waals surface area contributed by atoms with Crippen LogP contribution in [0.2, 0.25) is 0 Å². The van der Waals surface area contributed by atoms with E-state index in [-0.39, 0.29) is 11.7 Å². The molecule has 0 fully saturated rings. The highest BCUT2D eigenvalue weighted by Crippen LogP contribution is 2.21. The van der Waals surface area contributed by atoms with Crippen LogP contribution in [0.25, 0.3) is 0 Å². The first-order valence-corrected chi connectivity index (χ1v) is 5.95. The Labute approximate surface area is 103 Å². The van der Waals surface area contributed by atoms with Crippen LogP contribution >= 0.6 is 22.6 Å². The fraction of sp³-hybridized carbons (Fsp3) is 0.364. The fourth-order valence-corrected chi connectivity index (χ4v) is 1.67. The third kappa shape index (κ3) is 2.84. The Hall–Kier alpha value is -0.780. The van der Waals surface area contributed by atoms with Gasteiger partial charge in [0.2, 0.25) is 0 Å². The van der Waals surface area contributed by atoms with Gasteiger partial charge >= 0.3 is 0 Å². The lowest BCUT2D eigenvalue weighted by Gasteiger charge is -2.18. The number of aromatic hydroxyl groups is 1. The summed E-state index contributed by atoms with van der Waals surface area (Å²) in [4.78, 5) is 13.6. The molecule has 3 nitrogen and oxygen atoms in total. The molecule has 1 rings (SSSR count). The van der Waals surface area contributed by atoms with E-state index in [0.717, 1.165) is 3.57 Å². The highest BCUT2D eigenvalue weighted by atomic mass is 127. The molecule has 0 heterocycles. The molecule has 0 aliphatic rings. The second-order valence-corrected chi connectivity index (χ2v) is 4.31. The predicted molar refractivity (Wildman–Crippen MR) is 68.1 cm³/mol. The topological polar surface area (TPSA) is 40.5 Å². The minimum atomic E-state index is -0.0355. The molecule has 1 N–H and O–H groups in total. The summed E-state index contributed by atoms with van der Waals surface area (Å²) in [6.07, 6.45) is 0. The van der Waals surface area contributed by atoms with Crippen LogP contribution in [-0.2, 0) is 0 Å². The Morgan fingerprint density at radius 3 is 2.47 bits per heavy atom. The van der Waals surface area contributed by atoms with Crippen LogP contribution in [0.1, 0.15) is 24.2 Å². The first kappa shape index (κ1) is 12.3. The summed E-state index contributed by atoms with van der Waals surface area (Å²) in [5, 5.41) is 9.50. The van der Waals surface area contributed by atoms with Crippen LogP contribution in [0.15, 0.2) is 18.2 Å². The summed E-state index contributed by atoms with van der Waals surface area (Å²) in [5.41, 5.74) is 0.539. The van der Waals surface area contributed by atoms with Gasteiger partial charge in [0.25, 0.3) is 5.91 Å². The van der Waals surface area contributed by atoms with E-state index in [4.69, 9.17) is 0 Å². The van der Waals surface area contributed by atoms with E-state index < -0.39 is 0 Å². The van der Waals surface area contributed by atoms with E-state index in [1.54, 1.807) is 17.0 Å². The highest BCUT2D eigenvalue weighted by Gasteiger charge is 2.13. The van der Waals surface area contributed by atoms with E-state index in [1.165, 1.54) is 6.07 Å². The zero-order chi connectivity index (χ0) is 11.4. The average Bonchev–Trinajstić information content (AvgIpc) is 2.23. The van der Waals surface area contributed by atoms with Gasteiger partial charge in [0.15, 0.2) is 0 Å². The zero-order valence-corrected chi connectivity index (χ0v) is 11.0. The van der Waals surface area contributed by atoms with Crippen molar-refractivity contribution in [3.05, 3.63) is 27.3 Å². The minimum Gasteiger partial charge on any atom is -0.507 e. The Kier molecular flexibility index (Phi) is 4.38. The summed E-state index contributed by atoms with van der Waals surface area (Å²) >= 11 is 2.03. The van der Waals surface area contributed by atoms with Crippen LogP contribution in [0.4, 0.5) is 0 Å². The van der Waals surface area contributed by atoms with Gasteiger partial charge in [-0.05, 0) is 54.6 Å². The summed E-state index contributed by atoms with van der Waals surface area (Å²) in [7, 11) is 0. The second-order valence-electron chi connectivity index (χ2n) is 3.14. The van der Waals surface area contributed by atoms with Crippen molar-refractivity contribution in [1.82, 2.24) is 4.90 Å². The summed E-state index contributed by atoms with van der Waals surface area (Å²) in [5.74, 6) is 0.125. The van der Waals surface area contributed by atoms with E-state index in [9.17, 15) is 9.90 Å². The number of amides is 1. The van der Waals surface area contributed by atoms with Crippen molar-refractivity contribution in [2.24, 2.45) is 0 Å². The van der Waals surface area contributed by atoms with Crippen LogP contribution < -0.4 is 0 Å². The molecule has 1 aromatic rings. The third-order valence-electron chi connectivity index (χ3n) is 2.24. The molecule has 1 aromatic carbocycles. The molecule has 0 aliphatic heterocycles. The molecule has 0 bridgehead atoms. The van der Waals surface area contributed by atoms with Crippen molar-refractivity contribution in [1.29, 1.82) is 0 Å². The van der Waals surface area contributed by atoms with Crippen molar-refractivity contribution < 1.29 is 9.90 Å². The Bertz CT molecular complexity index is 362. The number of benzene rings is 1. The maximum atomic E-state index is 11.9. The van der Waals surface area contributed by atoms with Crippen molar-refractivity contribution >= 4 is 28.5 Å². The number of phenolic OH excluding ortho intramolecular Hbond substituents is 1. The van der Waals surface area contributed by atoms with Gasteiger partial charge in [0, 0.05) is 18.7 Å². The number of rotatable bonds is 3. The molecule has 0 spiro atoms. The number of halogens is 1. The van der Waals surface area contributed by atoms with Crippen molar-refractivity contribution in [2.75, 3.05) is 13.1 Å². The fourth-order valence-electron chi connectivity index (χ4n) is 1.34. The average molecular weight is 319 g/mol. The monoisotopic (exact) mass is 319 g/mol. The van der Waals surface area contributed by atoms with Gasteiger partial charge in [0.1, 0.15) is 5.75 Å². The molecule has 82 valence electrons. The van der Waals surface area contributed by atoms with E-state index in [1.807, 2.05) is 36.4 Å².